The number of aryl methyl sites for hydroxylation is 1. The average molecular weight is 254 g/mol. The lowest BCUT2D eigenvalue weighted by atomic mass is 9.91. The summed E-state index contributed by atoms with van der Waals surface area (Å²) < 4.78 is 23.7. The average Bonchev–Trinajstić information content (AvgIpc) is 2.28. The molecule has 0 radical (unpaired) electrons. The number of nitrogens with two attached hydrogens (primary N) is 2. The lowest BCUT2D eigenvalue weighted by Crippen LogP contribution is -2.41. The minimum atomic E-state index is -3.08. The minimum Gasteiger partial charge on any atom is -0.328 e. The maximum atomic E-state index is 11.8. The summed E-state index contributed by atoms with van der Waals surface area (Å²) >= 11 is 0. The molecular weight excluding hydrogens is 236 g/mol. The van der Waals surface area contributed by atoms with Crippen molar-refractivity contribution in [3.8, 4) is 0 Å². The van der Waals surface area contributed by atoms with E-state index in [-0.39, 0.29) is 5.75 Å². The van der Waals surface area contributed by atoms with Gasteiger partial charge in [-0.05, 0) is 37.0 Å². The molecule has 0 saturated heterocycles. The van der Waals surface area contributed by atoms with Gasteiger partial charge in [0.2, 0.25) is 0 Å². The molecule has 1 atom stereocenters. The van der Waals surface area contributed by atoms with Crippen molar-refractivity contribution in [2.75, 3.05) is 12.3 Å². The zero-order chi connectivity index (χ0) is 12.7. The summed E-state index contributed by atoms with van der Waals surface area (Å²) in [5, 5.41) is 0. The SMILES string of the molecule is CC(N)(CN)c1ccc2c(c1)CCCS2(=O)=O. The van der Waals surface area contributed by atoms with Crippen molar-refractivity contribution in [3.05, 3.63) is 29.3 Å². The normalized spacial score (nSPS) is 21.6. The molecule has 0 bridgehead atoms. The monoisotopic (exact) mass is 254 g/mol. The Hall–Kier alpha value is -0.910. The van der Waals surface area contributed by atoms with Crippen LogP contribution in [0.3, 0.4) is 0 Å². The molecule has 0 saturated carbocycles. The van der Waals surface area contributed by atoms with Crippen LogP contribution < -0.4 is 11.5 Å². The van der Waals surface area contributed by atoms with Crippen molar-refractivity contribution in [2.24, 2.45) is 11.5 Å². The predicted molar refractivity (Wildman–Crippen MR) is 67.4 cm³/mol. The Bertz CT molecular complexity index is 535. The van der Waals surface area contributed by atoms with Gasteiger partial charge in [-0.3, -0.25) is 0 Å². The Morgan fingerprint density at radius 2 is 2.12 bits per heavy atom. The molecule has 2 rings (SSSR count). The number of hydrogen-bond acceptors (Lipinski definition) is 4. The van der Waals surface area contributed by atoms with E-state index in [9.17, 15) is 8.42 Å². The first-order chi connectivity index (χ1) is 7.87. The van der Waals surface area contributed by atoms with E-state index in [0.717, 1.165) is 17.5 Å². The summed E-state index contributed by atoms with van der Waals surface area (Å²) in [7, 11) is -3.08. The molecule has 0 aliphatic carbocycles. The minimum absolute atomic E-state index is 0.246. The number of benzene rings is 1. The Morgan fingerprint density at radius 1 is 1.41 bits per heavy atom. The first kappa shape index (κ1) is 12.5. The molecule has 0 amide bonds. The van der Waals surface area contributed by atoms with E-state index in [1.807, 2.05) is 13.0 Å². The van der Waals surface area contributed by atoms with Crippen molar-refractivity contribution >= 4 is 9.84 Å². The molecule has 1 aromatic rings. The number of fused-ring (bicyclic) bond motifs is 1. The van der Waals surface area contributed by atoms with Gasteiger partial charge in [0.25, 0.3) is 0 Å². The van der Waals surface area contributed by atoms with Crippen LogP contribution in [-0.4, -0.2) is 20.7 Å². The molecule has 0 fully saturated rings. The van der Waals surface area contributed by atoms with Crippen LogP contribution in [0.15, 0.2) is 23.1 Å². The standard InChI is InChI=1S/C12H18N2O2S/c1-12(14,8-13)10-4-5-11-9(7-10)3-2-6-17(11,15)16/h4-5,7H,2-3,6,8,13-14H2,1H3. The van der Waals surface area contributed by atoms with Crippen molar-refractivity contribution < 1.29 is 8.42 Å². The van der Waals surface area contributed by atoms with E-state index < -0.39 is 15.4 Å². The summed E-state index contributed by atoms with van der Waals surface area (Å²) in [6.45, 7) is 2.19. The van der Waals surface area contributed by atoms with Gasteiger partial charge >= 0.3 is 0 Å². The Kier molecular flexibility index (Phi) is 3.01. The van der Waals surface area contributed by atoms with Crippen LogP contribution >= 0.6 is 0 Å². The van der Waals surface area contributed by atoms with Gasteiger partial charge in [-0.1, -0.05) is 12.1 Å². The van der Waals surface area contributed by atoms with Gasteiger partial charge in [0, 0.05) is 6.54 Å². The molecule has 1 aromatic carbocycles. The van der Waals surface area contributed by atoms with E-state index in [2.05, 4.69) is 0 Å². The maximum absolute atomic E-state index is 11.8. The fourth-order valence-corrected chi connectivity index (χ4v) is 3.69. The third kappa shape index (κ3) is 2.22. The van der Waals surface area contributed by atoms with Crippen molar-refractivity contribution in [1.29, 1.82) is 0 Å². The van der Waals surface area contributed by atoms with Gasteiger partial charge < -0.3 is 11.5 Å². The van der Waals surface area contributed by atoms with Crippen LogP contribution in [0.2, 0.25) is 0 Å². The van der Waals surface area contributed by atoms with Crippen LogP contribution in [0.5, 0.6) is 0 Å². The summed E-state index contributed by atoms with van der Waals surface area (Å²) in [5.41, 5.74) is 12.9. The van der Waals surface area contributed by atoms with Crippen molar-refractivity contribution in [2.45, 2.75) is 30.2 Å². The largest absolute Gasteiger partial charge is 0.328 e. The summed E-state index contributed by atoms with van der Waals surface area (Å²) in [6.07, 6.45) is 1.48. The van der Waals surface area contributed by atoms with Gasteiger partial charge in [0.15, 0.2) is 9.84 Å². The first-order valence-electron chi connectivity index (χ1n) is 5.72. The number of hydrogen-bond donors (Lipinski definition) is 2. The molecular formula is C12H18N2O2S. The van der Waals surface area contributed by atoms with Crippen LogP contribution in [0.25, 0.3) is 0 Å². The summed E-state index contributed by atoms with van der Waals surface area (Å²) in [4.78, 5) is 0.459. The molecule has 94 valence electrons. The Morgan fingerprint density at radius 3 is 2.76 bits per heavy atom. The van der Waals surface area contributed by atoms with E-state index in [1.165, 1.54) is 0 Å². The number of sulfone groups is 1. The quantitative estimate of drug-likeness (QED) is 0.806. The van der Waals surface area contributed by atoms with Crippen molar-refractivity contribution in [3.63, 3.8) is 0 Å². The van der Waals surface area contributed by atoms with Crippen LogP contribution in [0.1, 0.15) is 24.5 Å². The second-order valence-electron chi connectivity index (χ2n) is 4.87. The van der Waals surface area contributed by atoms with Gasteiger partial charge in [0.1, 0.15) is 0 Å². The third-order valence-electron chi connectivity index (χ3n) is 3.34. The molecule has 4 nitrogen and oxygen atoms in total. The van der Waals surface area contributed by atoms with Gasteiger partial charge in [0.05, 0.1) is 16.2 Å². The molecule has 0 spiro atoms. The van der Waals surface area contributed by atoms with E-state index in [1.54, 1.807) is 12.1 Å². The lowest BCUT2D eigenvalue weighted by Gasteiger charge is -2.25. The highest BCUT2D eigenvalue weighted by Crippen LogP contribution is 2.28. The number of rotatable bonds is 2. The fourth-order valence-electron chi connectivity index (χ4n) is 2.11. The third-order valence-corrected chi connectivity index (χ3v) is 5.23. The van der Waals surface area contributed by atoms with E-state index in [4.69, 9.17) is 11.5 Å². The topological polar surface area (TPSA) is 86.2 Å². The second kappa shape index (κ2) is 4.08. The molecule has 4 N–H and O–H groups in total. The Balaban J connectivity index is 2.53. The smallest absolute Gasteiger partial charge is 0.178 e. The molecule has 0 aromatic heterocycles. The zero-order valence-corrected chi connectivity index (χ0v) is 10.8. The fraction of sp³-hybridized carbons (Fsp3) is 0.500. The molecule has 1 unspecified atom stereocenters. The molecule has 1 heterocycles. The highest BCUT2D eigenvalue weighted by atomic mass is 32.2. The Labute approximate surface area is 102 Å². The highest BCUT2D eigenvalue weighted by molar-refractivity contribution is 7.91. The lowest BCUT2D eigenvalue weighted by molar-refractivity contribution is 0.506. The van der Waals surface area contributed by atoms with Gasteiger partial charge in [-0.25, -0.2) is 8.42 Å². The first-order valence-corrected chi connectivity index (χ1v) is 7.37. The van der Waals surface area contributed by atoms with Crippen molar-refractivity contribution in [1.82, 2.24) is 0 Å². The zero-order valence-electron chi connectivity index (χ0n) is 9.94. The van der Waals surface area contributed by atoms with Crippen LogP contribution in [0.4, 0.5) is 0 Å². The van der Waals surface area contributed by atoms with Gasteiger partial charge in [-0.2, -0.15) is 0 Å². The van der Waals surface area contributed by atoms with Gasteiger partial charge in [-0.15, -0.1) is 0 Å². The highest BCUT2D eigenvalue weighted by Gasteiger charge is 2.26. The van der Waals surface area contributed by atoms with Crippen LogP contribution in [0, 0.1) is 0 Å². The second-order valence-corrected chi connectivity index (χ2v) is 6.94. The summed E-state index contributed by atoms with van der Waals surface area (Å²) in [5.74, 6) is 0.246. The molecule has 5 heteroatoms. The summed E-state index contributed by atoms with van der Waals surface area (Å²) in [6, 6.07) is 5.33. The molecule has 1 aliphatic rings. The maximum Gasteiger partial charge on any atom is 0.178 e. The van der Waals surface area contributed by atoms with E-state index >= 15 is 0 Å². The van der Waals surface area contributed by atoms with Crippen LogP contribution in [-0.2, 0) is 21.8 Å². The predicted octanol–water partition coefficient (Wildman–Crippen LogP) is 0.539. The van der Waals surface area contributed by atoms with E-state index in [0.29, 0.717) is 17.9 Å². The molecule has 17 heavy (non-hydrogen) atoms. The molecule has 1 aliphatic heterocycles.